The standard InChI is InChI=1S/C12H21N3OS/c1-8-9(2)17-12(14-8)7-10(15-13)11-5-3-4-6-16-11/h10-11,15H,3-7,13H2,1-2H3. The van der Waals surface area contributed by atoms with E-state index in [-0.39, 0.29) is 12.1 Å². The first-order valence-corrected chi connectivity index (χ1v) is 7.03. The van der Waals surface area contributed by atoms with Crippen molar-refractivity contribution in [2.45, 2.75) is 51.7 Å². The van der Waals surface area contributed by atoms with Gasteiger partial charge in [0, 0.05) is 17.9 Å². The maximum atomic E-state index is 5.77. The molecule has 2 rings (SSSR count). The fraction of sp³-hybridized carbons (Fsp3) is 0.750. The van der Waals surface area contributed by atoms with Crippen LogP contribution in [-0.4, -0.2) is 23.7 Å². The maximum Gasteiger partial charge on any atom is 0.0947 e. The number of hydrogen-bond acceptors (Lipinski definition) is 5. The Morgan fingerprint density at radius 3 is 2.88 bits per heavy atom. The van der Waals surface area contributed by atoms with Gasteiger partial charge in [-0.1, -0.05) is 0 Å². The van der Waals surface area contributed by atoms with E-state index >= 15 is 0 Å². The van der Waals surface area contributed by atoms with E-state index < -0.39 is 0 Å². The van der Waals surface area contributed by atoms with Crippen LogP contribution in [-0.2, 0) is 11.2 Å². The van der Waals surface area contributed by atoms with Gasteiger partial charge in [0.05, 0.1) is 22.8 Å². The minimum absolute atomic E-state index is 0.181. The third-order valence-corrected chi connectivity index (χ3v) is 4.44. The molecule has 17 heavy (non-hydrogen) atoms. The lowest BCUT2D eigenvalue weighted by Crippen LogP contribution is -2.47. The highest BCUT2D eigenvalue weighted by molar-refractivity contribution is 7.11. The first-order valence-electron chi connectivity index (χ1n) is 6.21. The molecule has 4 nitrogen and oxygen atoms in total. The number of thiazole rings is 1. The summed E-state index contributed by atoms with van der Waals surface area (Å²) in [7, 11) is 0. The van der Waals surface area contributed by atoms with Crippen molar-refractivity contribution in [1.82, 2.24) is 10.4 Å². The van der Waals surface area contributed by atoms with E-state index in [0.29, 0.717) is 0 Å². The number of hydrazine groups is 1. The Morgan fingerprint density at radius 1 is 1.53 bits per heavy atom. The number of ether oxygens (including phenoxy) is 1. The summed E-state index contributed by atoms with van der Waals surface area (Å²) in [5, 5.41) is 1.15. The molecule has 1 aliphatic rings. The lowest BCUT2D eigenvalue weighted by molar-refractivity contribution is -0.00745. The van der Waals surface area contributed by atoms with Gasteiger partial charge in [-0.25, -0.2) is 4.98 Å². The Morgan fingerprint density at radius 2 is 2.35 bits per heavy atom. The highest BCUT2D eigenvalue weighted by atomic mass is 32.1. The zero-order valence-electron chi connectivity index (χ0n) is 10.5. The molecule has 5 heteroatoms. The largest absolute Gasteiger partial charge is 0.377 e. The van der Waals surface area contributed by atoms with Crippen LogP contribution in [0.15, 0.2) is 0 Å². The van der Waals surface area contributed by atoms with Crippen LogP contribution in [0.1, 0.15) is 34.8 Å². The molecule has 0 aromatic carbocycles. The van der Waals surface area contributed by atoms with Crippen molar-refractivity contribution >= 4 is 11.3 Å². The summed E-state index contributed by atoms with van der Waals surface area (Å²) < 4.78 is 5.77. The quantitative estimate of drug-likeness (QED) is 0.635. The molecule has 0 aliphatic carbocycles. The van der Waals surface area contributed by atoms with Gasteiger partial charge < -0.3 is 4.74 Å². The van der Waals surface area contributed by atoms with Crippen molar-refractivity contribution in [3.05, 3.63) is 15.6 Å². The van der Waals surface area contributed by atoms with Crippen molar-refractivity contribution in [3.8, 4) is 0 Å². The van der Waals surface area contributed by atoms with Gasteiger partial charge in [0.15, 0.2) is 0 Å². The number of hydrogen-bond donors (Lipinski definition) is 2. The third-order valence-electron chi connectivity index (χ3n) is 3.35. The number of aromatic nitrogens is 1. The second-order valence-electron chi connectivity index (χ2n) is 4.63. The second kappa shape index (κ2) is 5.91. The number of aryl methyl sites for hydroxylation is 2. The van der Waals surface area contributed by atoms with Gasteiger partial charge in [0.25, 0.3) is 0 Å². The zero-order chi connectivity index (χ0) is 12.3. The predicted molar refractivity (Wildman–Crippen MR) is 70.0 cm³/mol. The van der Waals surface area contributed by atoms with E-state index in [1.54, 1.807) is 11.3 Å². The normalized spacial score (nSPS) is 22.6. The third kappa shape index (κ3) is 3.25. The Hall–Kier alpha value is -0.490. The molecule has 3 N–H and O–H groups in total. The Balaban J connectivity index is 1.98. The lowest BCUT2D eigenvalue weighted by Gasteiger charge is -2.29. The van der Waals surface area contributed by atoms with Crippen LogP contribution in [0.2, 0.25) is 0 Å². The second-order valence-corrected chi connectivity index (χ2v) is 5.92. The van der Waals surface area contributed by atoms with E-state index in [1.165, 1.54) is 17.7 Å². The highest BCUT2D eigenvalue weighted by Gasteiger charge is 2.24. The van der Waals surface area contributed by atoms with Gasteiger partial charge in [-0.15, -0.1) is 11.3 Å². The molecule has 0 radical (unpaired) electrons. The summed E-state index contributed by atoms with van der Waals surface area (Å²) in [6, 6.07) is 0.181. The number of nitrogens with two attached hydrogens (primary N) is 1. The van der Waals surface area contributed by atoms with Crippen LogP contribution >= 0.6 is 11.3 Å². The van der Waals surface area contributed by atoms with Gasteiger partial charge in [-0.05, 0) is 33.1 Å². The fourth-order valence-corrected chi connectivity index (χ4v) is 3.19. The molecule has 1 aromatic rings. The maximum absolute atomic E-state index is 5.77. The summed E-state index contributed by atoms with van der Waals surface area (Å²) in [5.74, 6) is 5.64. The number of rotatable bonds is 4. The van der Waals surface area contributed by atoms with Crippen molar-refractivity contribution in [2.24, 2.45) is 5.84 Å². The molecule has 1 aliphatic heterocycles. The van der Waals surface area contributed by atoms with Crippen molar-refractivity contribution in [3.63, 3.8) is 0 Å². The predicted octanol–water partition coefficient (Wildman–Crippen LogP) is 1.70. The highest BCUT2D eigenvalue weighted by Crippen LogP contribution is 2.22. The first kappa shape index (κ1) is 13.0. The molecule has 1 aromatic heterocycles. The molecular formula is C12H21N3OS. The summed E-state index contributed by atoms with van der Waals surface area (Å²) in [5.41, 5.74) is 4.02. The van der Waals surface area contributed by atoms with Crippen LogP contribution in [0.25, 0.3) is 0 Å². The molecule has 96 valence electrons. The minimum Gasteiger partial charge on any atom is -0.377 e. The topological polar surface area (TPSA) is 60.2 Å². The van der Waals surface area contributed by atoms with Gasteiger partial charge in [-0.2, -0.15) is 0 Å². The summed E-state index contributed by atoms with van der Waals surface area (Å²) in [4.78, 5) is 5.85. The molecule has 0 spiro atoms. The summed E-state index contributed by atoms with van der Waals surface area (Å²) in [6.45, 7) is 5.02. The van der Waals surface area contributed by atoms with Crippen LogP contribution in [0.5, 0.6) is 0 Å². The SMILES string of the molecule is Cc1nc(CC(NN)C2CCCCO2)sc1C. The van der Waals surface area contributed by atoms with E-state index in [2.05, 4.69) is 24.3 Å². The lowest BCUT2D eigenvalue weighted by atomic mass is 10.0. The summed E-state index contributed by atoms with van der Waals surface area (Å²) >= 11 is 1.76. The molecule has 1 saturated heterocycles. The molecule has 2 unspecified atom stereocenters. The average molecular weight is 255 g/mol. The van der Waals surface area contributed by atoms with Crippen LogP contribution in [0.3, 0.4) is 0 Å². The van der Waals surface area contributed by atoms with E-state index in [1.807, 2.05) is 0 Å². The Bertz CT molecular complexity index is 341. The molecule has 1 fully saturated rings. The van der Waals surface area contributed by atoms with Crippen molar-refractivity contribution < 1.29 is 4.74 Å². The molecule has 0 saturated carbocycles. The molecule has 0 bridgehead atoms. The van der Waals surface area contributed by atoms with E-state index in [0.717, 1.165) is 30.2 Å². The first-order chi connectivity index (χ1) is 8.20. The number of nitrogens with zero attached hydrogens (tertiary/aromatic N) is 1. The van der Waals surface area contributed by atoms with Crippen LogP contribution in [0.4, 0.5) is 0 Å². The fourth-order valence-electron chi connectivity index (χ4n) is 2.20. The molecule has 0 amide bonds. The van der Waals surface area contributed by atoms with Crippen molar-refractivity contribution in [2.75, 3.05) is 6.61 Å². The smallest absolute Gasteiger partial charge is 0.0947 e. The Labute approximate surface area is 107 Å². The van der Waals surface area contributed by atoms with Crippen LogP contribution < -0.4 is 11.3 Å². The van der Waals surface area contributed by atoms with Gasteiger partial charge >= 0.3 is 0 Å². The molecule has 2 heterocycles. The summed E-state index contributed by atoms with van der Waals surface area (Å²) in [6.07, 6.45) is 4.60. The number of nitrogens with one attached hydrogen (secondary N) is 1. The van der Waals surface area contributed by atoms with Crippen molar-refractivity contribution in [1.29, 1.82) is 0 Å². The Kier molecular flexibility index (Phi) is 4.50. The van der Waals surface area contributed by atoms with Crippen LogP contribution in [0, 0.1) is 13.8 Å². The average Bonchev–Trinajstić information content (AvgIpc) is 2.67. The zero-order valence-corrected chi connectivity index (χ0v) is 11.3. The van der Waals surface area contributed by atoms with Gasteiger partial charge in [0.1, 0.15) is 0 Å². The molecule has 2 atom stereocenters. The van der Waals surface area contributed by atoms with E-state index in [4.69, 9.17) is 10.6 Å². The molecular weight excluding hydrogens is 234 g/mol. The van der Waals surface area contributed by atoms with Gasteiger partial charge in [0.2, 0.25) is 0 Å². The van der Waals surface area contributed by atoms with E-state index in [9.17, 15) is 0 Å². The monoisotopic (exact) mass is 255 g/mol. The van der Waals surface area contributed by atoms with Gasteiger partial charge in [-0.3, -0.25) is 11.3 Å². The minimum atomic E-state index is 0.181.